The number of aromatic nitrogens is 4. The standard InChI is InChI=1S/C15H25N5O/c1-4-5-6-7-8-9-10-13-17-18-15-14(16-12(3)21)11(2)19-20(13)15/h18H,4-10H2,1-3H3,(H,16,21). The number of nitrogens with zero attached hydrogens (tertiary/aromatic N) is 3. The molecule has 2 N–H and O–H groups in total. The molecule has 0 aromatic carbocycles. The summed E-state index contributed by atoms with van der Waals surface area (Å²) in [5, 5.41) is 14.6. The lowest BCUT2D eigenvalue weighted by atomic mass is 10.1. The zero-order valence-electron chi connectivity index (χ0n) is 13.2. The van der Waals surface area contributed by atoms with Crippen molar-refractivity contribution in [2.45, 2.75) is 65.7 Å². The van der Waals surface area contributed by atoms with Crippen LogP contribution in [-0.2, 0) is 11.2 Å². The van der Waals surface area contributed by atoms with Gasteiger partial charge in [-0.15, -0.1) is 0 Å². The second-order valence-electron chi connectivity index (χ2n) is 5.56. The molecule has 6 heteroatoms. The zero-order valence-corrected chi connectivity index (χ0v) is 13.2. The van der Waals surface area contributed by atoms with Crippen LogP contribution in [0.1, 0.15) is 63.9 Å². The summed E-state index contributed by atoms with van der Waals surface area (Å²) in [5.74, 6) is 0.834. The second-order valence-corrected chi connectivity index (χ2v) is 5.56. The number of amides is 1. The van der Waals surface area contributed by atoms with Crippen molar-refractivity contribution in [2.75, 3.05) is 5.32 Å². The zero-order chi connectivity index (χ0) is 15.2. The third-order valence-electron chi connectivity index (χ3n) is 3.65. The molecule has 0 aliphatic heterocycles. The summed E-state index contributed by atoms with van der Waals surface area (Å²) in [6.45, 7) is 5.62. The Morgan fingerprint density at radius 1 is 1.24 bits per heavy atom. The van der Waals surface area contributed by atoms with E-state index in [0.717, 1.165) is 35.7 Å². The fourth-order valence-corrected chi connectivity index (χ4v) is 2.53. The van der Waals surface area contributed by atoms with Gasteiger partial charge in [0.15, 0.2) is 11.5 Å². The van der Waals surface area contributed by atoms with E-state index in [2.05, 4.69) is 27.5 Å². The first kappa shape index (κ1) is 15.5. The molecule has 0 atom stereocenters. The first-order valence-electron chi connectivity index (χ1n) is 7.83. The van der Waals surface area contributed by atoms with Gasteiger partial charge in [0.2, 0.25) is 5.91 Å². The number of carbonyl (C=O) groups excluding carboxylic acids is 1. The highest BCUT2D eigenvalue weighted by Crippen LogP contribution is 2.21. The molecule has 0 bridgehead atoms. The summed E-state index contributed by atoms with van der Waals surface area (Å²) in [4.78, 5) is 11.2. The van der Waals surface area contributed by atoms with Crippen LogP contribution in [0.4, 0.5) is 5.69 Å². The fraction of sp³-hybridized carbons (Fsp3) is 0.667. The number of fused-ring (bicyclic) bond motifs is 1. The Labute approximate surface area is 125 Å². The van der Waals surface area contributed by atoms with Crippen LogP contribution in [0, 0.1) is 6.92 Å². The van der Waals surface area contributed by atoms with E-state index in [1.165, 1.54) is 39.0 Å². The molecule has 0 saturated heterocycles. The van der Waals surface area contributed by atoms with Crippen LogP contribution in [0.15, 0.2) is 0 Å². The van der Waals surface area contributed by atoms with Crippen molar-refractivity contribution in [2.24, 2.45) is 0 Å². The Morgan fingerprint density at radius 3 is 2.67 bits per heavy atom. The van der Waals surface area contributed by atoms with Crippen molar-refractivity contribution in [3.05, 3.63) is 11.5 Å². The highest BCUT2D eigenvalue weighted by atomic mass is 16.1. The molecule has 0 saturated carbocycles. The van der Waals surface area contributed by atoms with Crippen LogP contribution in [0.2, 0.25) is 0 Å². The summed E-state index contributed by atoms with van der Waals surface area (Å²) in [6.07, 6.45) is 8.47. The molecular weight excluding hydrogens is 266 g/mol. The van der Waals surface area contributed by atoms with Gasteiger partial charge in [-0.2, -0.15) is 14.7 Å². The third-order valence-corrected chi connectivity index (χ3v) is 3.65. The maximum absolute atomic E-state index is 11.2. The van der Waals surface area contributed by atoms with Gasteiger partial charge in [-0.3, -0.25) is 9.89 Å². The summed E-state index contributed by atoms with van der Waals surface area (Å²) in [7, 11) is 0. The highest BCUT2D eigenvalue weighted by molar-refractivity contribution is 5.93. The minimum atomic E-state index is -0.0972. The van der Waals surface area contributed by atoms with Crippen molar-refractivity contribution in [1.82, 2.24) is 19.8 Å². The van der Waals surface area contributed by atoms with E-state index in [1.54, 1.807) is 0 Å². The Bertz CT molecular complexity index is 598. The molecule has 0 aliphatic carbocycles. The third kappa shape index (κ3) is 3.83. The van der Waals surface area contributed by atoms with E-state index in [0.29, 0.717) is 0 Å². The van der Waals surface area contributed by atoms with E-state index < -0.39 is 0 Å². The van der Waals surface area contributed by atoms with Gasteiger partial charge in [0.25, 0.3) is 0 Å². The maximum atomic E-state index is 11.2. The molecule has 0 fully saturated rings. The number of rotatable bonds is 8. The molecule has 0 unspecified atom stereocenters. The van der Waals surface area contributed by atoms with Gasteiger partial charge in [-0.05, 0) is 13.3 Å². The Morgan fingerprint density at radius 2 is 1.95 bits per heavy atom. The van der Waals surface area contributed by atoms with Crippen LogP contribution in [0.5, 0.6) is 0 Å². The Kier molecular flexibility index (Phi) is 5.36. The predicted octanol–water partition coefficient (Wildman–Crippen LogP) is 3.23. The van der Waals surface area contributed by atoms with Gasteiger partial charge >= 0.3 is 0 Å². The molecule has 2 aromatic rings. The molecule has 6 nitrogen and oxygen atoms in total. The van der Waals surface area contributed by atoms with Crippen molar-refractivity contribution in [1.29, 1.82) is 0 Å². The van der Waals surface area contributed by atoms with Crippen LogP contribution in [-0.4, -0.2) is 25.7 Å². The van der Waals surface area contributed by atoms with E-state index in [9.17, 15) is 4.79 Å². The number of aromatic amines is 1. The topological polar surface area (TPSA) is 75.1 Å². The Balaban J connectivity index is 1.97. The molecule has 0 aliphatic rings. The molecule has 2 rings (SSSR count). The minimum absolute atomic E-state index is 0.0972. The summed E-state index contributed by atoms with van der Waals surface area (Å²) in [5.41, 5.74) is 2.30. The summed E-state index contributed by atoms with van der Waals surface area (Å²) >= 11 is 0. The molecule has 0 spiro atoms. The Hall–Kier alpha value is -1.85. The molecular formula is C15H25N5O. The molecule has 2 aromatic heterocycles. The van der Waals surface area contributed by atoms with Gasteiger partial charge < -0.3 is 5.32 Å². The molecule has 1 amide bonds. The predicted molar refractivity (Wildman–Crippen MR) is 83.5 cm³/mol. The number of nitrogens with one attached hydrogen (secondary N) is 2. The monoisotopic (exact) mass is 291 g/mol. The second kappa shape index (κ2) is 7.24. The fourth-order valence-electron chi connectivity index (χ4n) is 2.53. The maximum Gasteiger partial charge on any atom is 0.221 e. The van der Waals surface area contributed by atoms with Crippen molar-refractivity contribution in [3.63, 3.8) is 0 Å². The van der Waals surface area contributed by atoms with E-state index in [4.69, 9.17) is 0 Å². The number of hydrogen-bond donors (Lipinski definition) is 2. The lowest BCUT2D eigenvalue weighted by Gasteiger charge is -1.99. The quantitative estimate of drug-likeness (QED) is 0.733. The lowest BCUT2D eigenvalue weighted by molar-refractivity contribution is -0.114. The van der Waals surface area contributed by atoms with Crippen LogP contribution < -0.4 is 5.32 Å². The smallest absolute Gasteiger partial charge is 0.221 e. The first-order valence-corrected chi connectivity index (χ1v) is 7.83. The van der Waals surface area contributed by atoms with Gasteiger partial charge in [0.1, 0.15) is 5.69 Å². The summed E-state index contributed by atoms with van der Waals surface area (Å²) < 4.78 is 1.81. The number of H-pyrrole nitrogens is 1. The average molecular weight is 291 g/mol. The molecule has 21 heavy (non-hydrogen) atoms. The van der Waals surface area contributed by atoms with Crippen LogP contribution in [0.25, 0.3) is 5.65 Å². The number of carbonyl (C=O) groups is 1. The highest BCUT2D eigenvalue weighted by Gasteiger charge is 2.15. The van der Waals surface area contributed by atoms with Crippen LogP contribution >= 0.6 is 0 Å². The molecule has 116 valence electrons. The number of aryl methyl sites for hydroxylation is 2. The lowest BCUT2D eigenvalue weighted by Crippen LogP contribution is -2.06. The van der Waals surface area contributed by atoms with Gasteiger partial charge in [0.05, 0.1) is 5.69 Å². The van der Waals surface area contributed by atoms with Gasteiger partial charge in [-0.25, -0.2) is 0 Å². The normalized spacial score (nSPS) is 11.2. The van der Waals surface area contributed by atoms with Crippen molar-refractivity contribution < 1.29 is 4.79 Å². The van der Waals surface area contributed by atoms with Gasteiger partial charge in [0, 0.05) is 13.3 Å². The van der Waals surface area contributed by atoms with E-state index >= 15 is 0 Å². The first-order chi connectivity index (χ1) is 10.1. The number of unbranched alkanes of at least 4 members (excludes halogenated alkanes) is 5. The number of anilines is 1. The molecule has 0 radical (unpaired) electrons. The largest absolute Gasteiger partial charge is 0.322 e. The summed E-state index contributed by atoms with van der Waals surface area (Å²) in [6, 6.07) is 0. The number of hydrogen-bond acceptors (Lipinski definition) is 3. The average Bonchev–Trinajstić information content (AvgIpc) is 2.95. The molecule has 2 heterocycles. The van der Waals surface area contributed by atoms with E-state index in [1.807, 2.05) is 11.4 Å². The van der Waals surface area contributed by atoms with Gasteiger partial charge in [-0.1, -0.05) is 39.0 Å². The van der Waals surface area contributed by atoms with Crippen molar-refractivity contribution in [3.8, 4) is 0 Å². The minimum Gasteiger partial charge on any atom is -0.322 e. The van der Waals surface area contributed by atoms with Crippen LogP contribution in [0.3, 0.4) is 0 Å². The SMILES string of the molecule is CCCCCCCCc1n[nH]c2c(NC(C)=O)c(C)nn12. The van der Waals surface area contributed by atoms with Crippen molar-refractivity contribution >= 4 is 17.2 Å². The van der Waals surface area contributed by atoms with E-state index in [-0.39, 0.29) is 5.91 Å².